The Morgan fingerprint density at radius 2 is 2.10 bits per heavy atom. The summed E-state index contributed by atoms with van der Waals surface area (Å²) in [5.74, 6) is -0.343. The minimum atomic E-state index is -4.62. The van der Waals surface area contributed by atoms with E-state index in [9.17, 15) is 21.6 Å². The monoisotopic (exact) mass is 326 g/mol. The average molecular weight is 326 g/mol. The lowest BCUT2D eigenvalue weighted by Crippen LogP contribution is -2.46. The molecule has 2 N–H and O–H groups in total. The van der Waals surface area contributed by atoms with Crippen LogP contribution in [0.15, 0.2) is 11.4 Å². The Balaban J connectivity index is 2.44. The molecule has 1 fully saturated rings. The number of hydrogen-bond acceptors (Lipinski definition) is 4. The molecule has 1 aliphatic rings. The van der Waals surface area contributed by atoms with Crippen LogP contribution in [0.25, 0.3) is 0 Å². The minimum Gasteiger partial charge on any atom is -0.381 e. The molecule has 1 atom stereocenters. The van der Waals surface area contributed by atoms with E-state index in [-0.39, 0.29) is 11.7 Å². The van der Waals surface area contributed by atoms with Crippen LogP contribution in [0, 0.1) is 5.92 Å². The fourth-order valence-electron chi connectivity index (χ4n) is 2.30. The number of aryl methyl sites for hydroxylation is 1. The van der Waals surface area contributed by atoms with E-state index in [2.05, 4.69) is 4.98 Å². The zero-order valence-electron chi connectivity index (χ0n) is 11.6. The molecule has 0 aliphatic heterocycles. The van der Waals surface area contributed by atoms with Crippen molar-refractivity contribution in [2.24, 2.45) is 13.0 Å². The van der Waals surface area contributed by atoms with Crippen LogP contribution in [0.4, 0.5) is 19.0 Å². The number of halogens is 3. The summed E-state index contributed by atoms with van der Waals surface area (Å²) in [7, 11) is -2.99. The molecule has 1 unspecified atom stereocenters. The second-order valence-corrected chi connectivity index (χ2v) is 7.10. The van der Waals surface area contributed by atoms with Crippen LogP contribution in [-0.4, -0.2) is 41.0 Å². The number of sulfonamides is 1. The molecule has 0 aromatic carbocycles. The Morgan fingerprint density at radius 3 is 2.48 bits per heavy atom. The first-order chi connectivity index (χ1) is 9.54. The van der Waals surface area contributed by atoms with Crippen molar-refractivity contribution in [3.05, 3.63) is 6.33 Å². The number of nitrogens with zero attached hydrogens (tertiary/aromatic N) is 3. The molecule has 0 saturated heterocycles. The lowest BCUT2D eigenvalue weighted by Gasteiger charge is -2.29. The van der Waals surface area contributed by atoms with Crippen molar-refractivity contribution in [1.29, 1.82) is 0 Å². The smallest absolute Gasteiger partial charge is 0.381 e. The Kier molecular flexibility index (Phi) is 3.96. The standard InChI is InChI=1S/C11H17F3N4O2S/c1-7(8-3-4-8)18(5-11(12,13)14)21(19,20)10-9(15)16-6-17(10)2/h6-8H,3-5,15H2,1-2H3. The lowest BCUT2D eigenvalue weighted by atomic mass is 10.2. The number of anilines is 1. The van der Waals surface area contributed by atoms with E-state index >= 15 is 0 Å². The summed E-state index contributed by atoms with van der Waals surface area (Å²) in [6.45, 7) is -0.0366. The number of imidazole rings is 1. The maximum Gasteiger partial charge on any atom is 0.402 e. The van der Waals surface area contributed by atoms with E-state index in [1.54, 1.807) is 0 Å². The van der Waals surface area contributed by atoms with Crippen LogP contribution in [0.2, 0.25) is 0 Å². The third-order valence-corrected chi connectivity index (χ3v) is 5.62. The van der Waals surface area contributed by atoms with Gasteiger partial charge in [-0.25, -0.2) is 13.4 Å². The predicted molar refractivity (Wildman–Crippen MR) is 69.8 cm³/mol. The lowest BCUT2D eigenvalue weighted by molar-refractivity contribution is -0.139. The van der Waals surface area contributed by atoms with Gasteiger partial charge < -0.3 is 10.3 Å². The van der Waals surface area contributed by atoms with Crippen molar-refractivity contribution in [2.45, 2.75) is 37.0 Å². The molecule has 1 saturated carbocycles. The molecule has 1 aliphatic carbocycles. The van der Waals surface area contributed by atoms with Crippen LogP contribution in [0.1, 0.15) is 19.8 Å². The second-order valence-electron chi connectivity index (χ2n) is 5.29. The zero-order valence-corrected chi connectivity index (χ0v) is 12.4. The van der Waals surface area contributed by atoms with Gasteiger partial charge in [0.15, 0.2) is 10.8 Å². The molecule has 6 nitrogen and oxygen atoms in total. The number of alkyl halides is 3. The van der Waals surface area contributed by atoms with Crippen LogP contribution >= 0.6 is 0 Å². The minimum absolute atomic E-state index is 0.0448. The third-order valence-electron chi connectivity index (χ3n) is 3.56. The maximum absolute atomic E-state index is 12.8. The van der Waals surface area contributed by atoms with Crippen molar-refractivity contribution >= 4 is 15.8 Å². The molecule has 0 bridgehead atoms. The molecule has 0 amide bonds. The number of aromatic nitrogens is 2. The highest BCUT2D eigenvalue weighted by molar-refractivity contribution is 7.89. The van der Waals surface area contributed by atoms with Gasteiger partial charge in [0.1, 0.15) is 6.54 Å². The number of nitrogen functional groups attached to an aromatic ring is 1. The molecule has 1 heterocycles. The summed E-state index contributed by atoms with van der Waals surface area (Å²) < 4.78 is 65.0. The van der Waals surface area contributed by atoms with Crippen molar-refractivity contribution in [3.8, 4) is 0 Å². The summed E-state index contributed by atoms with van der Waals surface area (Å²) in [6, 6.07) is -0.731. The van der Waals surface area contributed by atoms with Gasteiger partial charge in [-0.15, -0.1) is 0 Å². The summed E-state index contributed by atoms with van der Waals surface area (Å²) in [5.41, 5.74) is 5.50. The highest BCUT2D eigenvalue weighted by Crippen LogP contribution is 2.38. The van der Waals surface area contributed by atoms with Crippen LogP contribution in [0.5, 0.6) is 0 Å². The van der Waals surface area contributed by atoms with Gasteiger partial charge >= 0.3 is 6.18 Å². The fraction of sp³-hybridized carbons (Fsp3) is 0.727. The Hall–Kier alpha value is -1.29. The summed E-state index contributed by atoms with van der Waals surface area (Å²) >= 11 is 0. The first-order valence-electron chi connectivity index (χ1n) is 6.39. The van der Waals surface area contributed by atoms with Gasteiger partial charge in [-0.2, -0.15) is 17.5 Å². The molecule has 0 spiro atoms. The summed E-state index contributed by atoms with van der Waals surface area (Å²) in [5, 5.41) is -0.403. The Morgan fingerprint density at radius 1 is 1.52 bits per heavy atom. The van der Waals surface area contributed by atoms with Crippen molar-refractivity contribution in [3.63, 3.8) is 0 Å². The van der Waals surface area contributed by atoms with Crippen molar-refractivity contribution in [1.82, 2.24) is 13.9 Å². The molecule has 2 rings (SSSR count). The molecular formula is C11H17F3N4O2S. The fourth-order valence-corrected chi connectivity index (χ4v) is 4.18. The normalized spacial score (nSPS) is 18.2. The van der Waals surface area contributed by atoms with Gasteiger partial charge in [0, 0.05) is 13.1 Å². The quantitative estimate of drug-likeness (QED) is 0.886. The van der Waals surface area contributed by atoms with Gasteiger partial charge in [0.25, 0.3) is 10.0 Å². The van der Waals surface area contributed by atoms with Gasteiger partial charge in [-0.3, -0.25) is 0 Å². The topological polar surface area (TPSA) is 81.2 Å². The molecular weight excluding hydrogens is 309 g/mol. The SMILES string of the molecule is CC(C1CC1)N(CC(F)(F)F)S(=O)(=O)c1c(N)ncn1C. The van der Waals surface area contributed by atoms with E-state index in [1.807, 2.05) is 0 Å². The predicted octanol–water partition coefficient (Wildman–Crippen LogP) is 1.35. The molecule has 1 aromatic heterocycles. The zero-order chi connectivity index (χ0) is 16.0. The van der Waals surface area contributed by atoms with E-state index < -0.39 is 33.8 Å². The van der Waals surface area contributed by atoms with E-state index in [1.165, 1.54) is 14.0 Å². The van der Waals surface area contributed by atoms with Gasteiger partial charge in [-0.05, 0) is 25.7 Å². The Bertz CT molecular complexity index is 602. The highest BCUT2D eigenvalue weighted by atomic mass is 32.2. The summed E-state index contributed by atoms with van der Waals surface area (Å²) in [4.78, 5) is 3.63. The molecule has 21 heavy (non-hydrogen) atoms. The largest absolute Gasteiger partial charge is 0.402 e. The van der Waals surface area contributed by atoms with Gasteiger partial charge in [0.2, 0.25) is 0 Å². The highest BCUT2D eigenvalue weighted by Gasteiger charge is 2.45. The van der Waals surface area contributed by atoms with Gasteiger partial charge in [0.05, 0.1) is 6.33 Å². The van der Waals surface area contributed by atoms with Crippen molar-refractivity contribution in [2.75, 3.05) is 12.3 Å². The van der Waals surface area contributed by atoms with Gasteiger partial charge in [-0.1, -0.05) is 0 Å². The number of hydrogen-bond donors (Lipinski definition) is 1. The summed E-state index contributed by atoms with van der Waals surface area (Å²) in [6.07, 6.45) is -2.00. The van der Waals surface area contributed by atoms with Crippen LogP contribution in [0.3, 0.4) is 0 Å². The van der Waals surface area contributed by atoms with E-state index in [4.69, 9.17) is 5.73 Å². The second kappa shape index (κ2) is 5.16. The molecule has 1 aromatic rings. The molecule has 10 heteroatoms. The van der Waals surface area contributed by atoms with Crippen LogP contribution < -0.4 is 5.73 Å². The molecule has 120 valence electrons. The molecule has 0 radical (unpaired) electrons. The first kappa shape index (κ1) is 16.1. The van der Waals surface area contributed by atoms with E-state index in [0.717, 1.165) is 23.7 Å². The Labute approximate surface area is 120 Å². The first-order valence-corrected chi connectivity index (χ1v) is 7.83. The van der Waals surface area contributed by atoms with E-state index in [0.29, 0.717) is 4.31 Å². The third kappa shape index (κ3) is 3.31. The van der Waals surface area contributed by atoms with Crippen LogP contribution in [-0.2, 0) is 17.1 Å². The van der Waals surface area contributed by atoms with Crippen molar-refractivity contribution < 1.29 is 21.6 Å². The average Bonchev–Trinajstić information content (AvgIpc) is 3.10. The number of nitrogens with two attached hydrogens (primary N) is 1. The maximum atomic E-state index is 12.8. The number of rotatable bonds is 5.